The van der Waals surface area contributed by atoms with Gasteiger partial charge in [0.2, 0.25) is 5.91 Å². The average molecular weight is 318 g/mol. The first-order valence-corrected chi connectivity index (χ1v) is 8.46. The number of methoxy groups -OCH3 is 1. The first kappa shape index (κ1) is 16.3. The van der Waals surface area contributed by atoms with Gasteiger partial charge in [-0.25, -0.2) is 0 Å². The molecule has 3 rings (SSSR count). The summed E-state index contributed by atoms with van der Waals surface area (Å²) in [4.78, 5) is 14.3. The van der Waals surface area contributed by atoms with Crippen molar-refractivity contribution in [2.75, 3.05) is 26.7 Å². The second-order valence-corrected chi connectivity index (χ2v) is 6.72. The van der Waals surface area contributed by atoms with Gasteiger partial charge in [-0.15, -0.1) is 0 Å². The Balaban J connectivity index is 1.38. The lowest BCUT2D eigenvalue weighted by Gasteiger charge is -2.35. The molecule has 2 N–H and O–H groups in total. The quantitative estimate of drug-likeness (QED) is 0.832. The predicted octanol–water partition coefficient (Wildman–Crippen LogP) is 1.40. The standard InChI is InChI=1S/C18H26N2O3/c1-23-16-6-2-13(3-7-16)10-19-17(21)8-9-20-11-14-4-5-15(12-20)18(14)22/h2-3,6-7,14-15,18,22H,4-5,8-12H2,1H3,(H,19,21)/t14-,15+,18?. The molecule has 23 heavy (non-hydrogen) atoms. The van der Waals surface area contributed by atoms with Crippen molar-refractivity contribution in [2.24, 2.45) is 11.8 Å². The van der Waals surface area contributed by atoms with Crippen molar-refractivity contribution >= 4 is 5.91 Å². The number of nitrogens with one attached hydrogen (secondary N) is 1. The van der Waals surface area contributed by atoms with Gasteiger partial charge in [0, 0.05) is 32.6 Å². The van der Waals surface area contributed by atoms with E-state index in [1.807, 2.05) is 24.3 Å². The lowest BCUT2D eigenvalue weighted by Crippen LogP contribution is -2.45. The fourth-order valence-corrected chi connectivity index (χ4v) is 3.77. The molecule has 3 atom stereocenters. The normalized spacial score (nSPS) is 27.0. The number of benzene rings is 1. The SMILES string of the molecule is COc1ccc(CNC(=O)CCN2C[C@H]3CC[C@@H](C2)C3O)cc1. The van der Waals surface area contributed by atoms with Gasteiger partial charge < -0.3 is 20.1 Å². The summed E-state index contributed by atoms with van der Waals surface area (Å²) in [6.45, 7) is 3.20. The van der Waals surface area contributed by atoms with E-state index < -0.39 is 0 Å². The lowest BCUT2D eigenvalue weighted by molar-refractivity contribution is -0.121. The van der Waals surface area contributed by atoms with Gasteiger partial charge in [-0.2, -0.15) is 0 Å². The van der Waals surface area contributed by atoms with E-state index in [4.69, 9.17) is 4.74 Å². The van der Waals surface area contributed by atoms with Crippen LogP contribution in [-0.4, -0.2) is 48.8 Å². The highest BCUT2D eigenvalue weighted by Gasteiger charge is 2.40. The van der Waals surface area contributed by atoms with Crippen LogP contribution in [-0.2, 0) is 11.3 Å². The molecule has 2 aliphatic rings. The van der Waals surface area contributed by atoms with Crippen LogP contribution in [0, 0.1) is 11.8 Å². The van der Waals surface area contributed by atoms with Crippen LogP contribution in [0.15, 0.2) is 24.3 Å². The number of hydrogen-bond donors (Lipinski definition) is 2. The Labute approximate surface area is 137 Å². The summed E-state index contributed by atoms with van der Waals surface area (Å²) in [6.07, 6.45) is 2.67. The fourth-order valence-electron chi connectivity index (χ4n) is 3.77. The molecule has 1 aliphatic carbocycles. The van der Waals surface area contributed by atoms with E-state index in [0.29, 0.717) is 24.8 Å². The van der Waals surface area contributed by atoms with E-state index in [1.165, 1.54) is 0 Å². The van der Waals surface area contributed by atoms with Gasteiger partial charge in [0.25, 0.3) is 0 Å². The van der Waals surface area contributed by atoms with E-state index in [-0.39, 0.29) is 12.0 Å². The molecule has 1 amide bonds. The molecule has 0 aromatic heterocycles. The van der Waals surface area contributed by atoms with Crippen molar-refractivity contribution in [3.63, 3.8) is 0 Å². The first-order chi connectivity index (χ1) is 11.2. The second kappa shape index (κ2) is 7.32. The van der Waals surface area contributed by atoms with E-state index in [1.54, 1.807) is 7.11 Å². The smallest absolute Gasteiger partial charge is 0.221 e. The Morgan fingerprint density at radius 2 is 1.91 bits per heavy atom. The molecule has 1 heterocycles. The number of piperidine rings is 1. The number of fused-ring (bicyclic) bond motifs is 2. The van der Waals surface area contributed by atoms with Crippen molar-refractivity contribution < 1.29 is 14.6 Å². The maximum Gasteiger partial charge on any atom is 0.221 e. The van der Waals surface area contributed by atoms with Crippen LogP contribution in [0.1, 0.15) is 24.8 Å². The van der Waals surface area contributed by atoms with Gasteiger partial charge in [-0.3, -0.25) is 4.79 Å². The Hall–Kier alpha value is -1.59. The van der Waals surface area contributed by atoms with Crippen molar-refractivity contribution in [1.82, 2.24) is 10.2 Å². The number of carbonyl (C=O) groups excluding carboxylic acids is 1. The van der Waals surface area contributed by atoms with Crippen LogP contribution < -0.4 is 10.1 Å². The molecule has 0 radical (unpaired) electrons. The molecule has 2 fully saturated rings. The second-order valence-electron chi connectivity index (χ2n) is 6.72. The van der Waals surface area contributed by atoms with Gasteiger partial charge in [0.05, 0.1) is 13.2 Å². The number of ether oxygens (including phenoxy) is 1. The number of hydrogen-bond acceptors (Lipinski definition) is 4. The van der Waals surface area contributed by atoms with E-state index in [2.05, 4.69) is 10.2 Å². The molecular formula is C18H26N2O3. The van der Waals surface area contributed by atoms with Gasteiger partial charge in [0.15, 0.2) is 0 Å². The highest BCUT2D eigenvalue weighted by Crippen LogP contribution is 2.36. The summed E-state index contributed by atoms with van der Waals surface area (Å²) in [5, 5.41) is 13.0. The average Bonchev–Trinajstić information content (AvgIpc) is 2.79. The highest BCUT2D eigenvalue weighted by molar-refractivity contribution is 5.76. The van der Waals surface area contributed by atoms with E-state index >= 15 is 0 Å². The van der Waals surface area contributed by atoms with Crippen LogP contribution in [0.3, 0.4) is 0 Å². The van der Waals surface area contributed by atoms with Crippen LogP contribution in [0.4, 0.5) is 0 Å². The zero-order chi connectivity index (χ0) is 16.2. The molecule has 0 spiro atoms. The summed E-state index contributed by atoms with van der Waals surface area (Å²) in [5.74, 6) is 1.73. The molecular weight excluding hydrogens is 292 g/mol. The van der Waals surface area contributed by atoms with Crippen molar-refractivity contribution in [3.8, 4) is 5.75 Å². The highest BCUT2D eigenvalue weighted by atomic mass is 16.5. The van der Waals surface area contributed by atoms with Gasteiger partial charge in [0.1, 0.15) is 5.75 Å². The molecule has 126 valence electrons. The third kappa shape index (κ3) is 4.03. The Kier molecular flexibility index (Phi) is 5.18. The number of likely N-dealkylation sites (tertiary alicyclic amines) is 1. The maximum atomic E-state index is 12.0. The molecule has 1 unspecified atom stereocenters. The fraction of sp³-hybridized carbons (Fsp3) is 0.611. The molecule has 1 saturated carbocycles. The Bertz CT molecular complexity index is 518. The van der Waals surface area contributed by atoms with Crippen LogP contribution in [0.2, 0.25) is 0 Å². The van der Waals surface area contributed by atoms with Crippen LogP contribution in [0.25, 0.3) is 0 Å². The molecule has 5 heteroatoms. The molecule has 1 saturated heterocycles. The number of amides is 1. The summed E-state index contributed by atoms with van der Waals surface area (Å²) >= 11 is 0. The number of rotatable bonds is 6. The zero-order valence-corrected chi connectivity index (χ0v) is 13.7. The predicted molar refractivity (Wildman–Crippen MR) is 88.1 cm³/mol. The molecule has 2 bridgehead atoms. The minimum absolute atomic E-state index is 0.0827. The number of nitrogens with zero attached hydrogens (tertiary/aromatic N) is 1. The number of aliphatic hydroxyl groups is 1. The van der Waals surface area contributed by atoms with Gasteiger partial charge >= 0.3 is 0 Å². The molecule has 1 aromatic rings. The zero-order valence-electron chi connectivity index (χ0n) is 13.7. The minimum Gasteiger partial charge on any atom is -0.497 e. The largest absolute Gasteiger partial charge is 0.497 e. The van der Waals surface area contributed by atoms with Gasteiger partial charge in [-0.1, -0.05) is 12.1 Å². The van der Waals surface area contributed by atoms with Crippen LogP contribution >= 0.6 is 0 Å². The topological polar surface area (TPSA) is 61.8 Å². The lowest BCUT2D eigenvalue weighted by atomic mass is 9.95. The summed E-state index contributed by atoms with van der Waals surface area (Å²) in [5.41, 5.74) is 1.07. The summed E-state index contributed by atoms with van der Waals surface area (Å²) in [7, 11) is 1.64. The van der Waals surface area contributed by atoms with Crippen LogP contribution in [0.5, 0.6) is 5.75 Å². The third-order valence-corrected chi connectivity index (χ3v) is 5.16. The third-order valence-electron chi connectivity index (χ3n) is 5.16. The summed E-state index contributed by atoms with van der Waals surface area (Å²) < 4.78 is 5.12. The number of carbonyl (C=O) groups is 1. The van der Waals surface area contributed by atoms with E-state index in [0.717, 1.165) is 43.8 Å². The van der Waals surface area contributed by atoms with Crippen molar-refractivity contribution in [1.29, 1.82) is 0 Å². The minimum atomic E-state index is -0.116. The van der Waals surface area contributed by atoms with Gasteiger partial charge in [-0.05, 0) is 42.4 Å². The van der Waals surface area contributed by atoms with E-state index in [9.17, 15) is 9.90 Å². The summed E-state index contributed by atoms with van der Waals surface area (Å²) in [6, 6.07) is 7.72. The monoisotopic (exact) mass is 318 g/mol. The Morgan fingerprint density at radius 1 is 1.26 bits per heavy atom. The maximum absolute atomic E-state index is 12.0. The molecule has 1 aromatic carbocycles. The van der Waals surface area contributed by atoms with Crippen molar-refractivity contribution in [2.45, 2.75) is 31.9 Å². The molecule has 1 aliphatic heterocycles. The molecule has 5 nitrogen and oxygen atoms in total. The Morgan fingerprint density at radius 3 is 2.52 bits per heavy atom. The number of aliphatic hydroxyl groups excluding tert-OH is 1. The first-order valence-electron chi connectivity index (χ1n) is 8.46. The van der Waals surface area contributed by atoms with Crippen molar-refractivity contribution in [3.05, 3.63) is 29.8 Å².